The molecule has 0 saturated carbocycles. The molecule has 9 nitrogen and oxygen atoms in total. The molecule has 0 radical (unpaired) electrons. The molecule has 1 amide bonds. The average molecular weight is 434 g/mol. The van der Waals surface area contributed by atoms with E-state index in [1.807, 2.05) is 6.92 Å². The summed E-state index contributed by atoms with van der Waals surface area (Å²) in [5, 5.41) is 10.9. The van der Waals surface area contributed by atoms with Crippen LogP contribution >= 0.6 is 0 Å². The smallest absolute Gasteiger partial charge is 0.339 e. The molecule has 1 heterocycles. The Morgan fingerprint density at radius 1 is 1.27 bits per heavy atom. The van der Waals surface area contributed by atoms with Gasteiger partial charge in [0.2, 0.25) is 0 Å². The predicted octanol–water partition coefficient (Wildman–Crippen LogP) is 3.00. The number of carbonyl (C=O) groups excluding carboxylic acids is 1. The van der Waals surface area contributed by atoms with Crippen molar-refractivity contribution in [2.45, 2.75) is 30.8 Å². The Morgan fingerprint density at radius 3 is 2.60 bits per heavy atom. The first-order chi connectivity index (χ1) is 14.3. The van der Waals surface area contributed by atoms with E-state index in [1.165, 1.54) is 42.5 Å². The van der Waals surface area contributed by atoms with Crippen molar-refractivity contribution < 1.29 is 27.1 Å². The van der Waals surface area contributed by atoms with Gasteiger partial charge < -0.3 is 13.8 Å². The van der Waals surface area contributed by atoms with E-state index >= 15 is 0 Å². The van der Waals surface area contributed by atoms with Gasteiger partial charge in [0.05, 0.1) is 11.0 Å². The molecule has 160 valence electrons. The quantitative estimate of drug-likeness (QED) is 0.356. The lowest BCUT2D eigenvalue weighted by molar-refractivity contribution is -0.385. The van der Waals surface area contributed by atoms with E-state index in [4.69, 9.17) is 8.92 Å². The van der Waals surface area contributed by atoms with E-state index in [1.54, 1.807) is 4.90 Å². The van der Waals surface area contributed by atoms with Gasteiger partial charge in [-0.2, -0.15) is 8.42 Å². The van der Waals surface area contributed by atoms with Gasteiger partial charge in [-0.15, -0.1) is 0 Å². The van der Waals surface area contributed by atoms with Crippen molar-refractivity contribution in [3.8, 4) is 5.75 Å². The van der Waals surface area contributed by atoms with E-state index in [2.05, 4.69) is 0 Å². The topological polar surface area (TPSA) is 116 Å². The SMILES string of the molecule is CCN(CC1CCCO1)C(=O)c1ccc(OS(=O)(=O)c2cccc([N+](=O)[O-])c2)cc1. The molecule has 2 aromatic rings. The molecular formula is C20H22N2O7S. The number of nitro benzene ring substituents is 1. The molecule has 1 fully saturated rings. The number of hydrogen-bond acceptors (Lipinski definition) is 7. The lowest BCUT2D eigenvalue weighted by Crippen LogP contribution is -2.37. The third-order valence-electron chi connectivity index (χ3n) is 4.74. The number of hydrogen-bond donors (Lipinski definition) is 0. The lowest BCUT2D eigenvalue weighted by atomic mass is 10.1. The molecule has 10 heteroatoms. The maximum Gasteiger partial charge on any atom is 0.339 e. The first kappa shape index (κ1) is 21.7. The summed E-state index contributed by atoms with van der Waals surface area (Å²) in [4.78, 5) is 24.3. The Balaban J connectivity index is 1.71. The van der Waals surface area contributed by atoms with Gasteiger partial charge >= 0.3 is 10.1 Å². The molecule has 0 spiro atoms. The van der Waals surface area contributed by atoms with Gasteiger partial charge in [0.25, 0.3) is 11.6 Å². The molecule has 3 rings (SSSR count). The minimum atomic E-state index is -4.26. The van der Waals surface area contributed by atoms with Crippen molar-refractivity contribution in [3.63, 3.8) is 0 Å². The summed E-state index contributed by atoms with van der Waals surface area (Å²) in [6.45, 7) is 3.63. The number of nitro groups is 1. The fraction of sp³-hybridized carbons (Fsp3) is 0.350. The molecule has 1 atom stereocenters. The lowest BCUT2D eigenvalue weighted by Gasteiger charge is -2.24. The van der Waals surface area contributed by atoms with Gasteiger partial charge in [0.1, 0.15) is 10.6 Å². The second-order valence-electron chi connectivity index (χ2n) is 6.80. The zero-order valence-corrected chi connectivity index (χ0v) is 17.2. The van der Waals surface area contributed by atoms with E-state index in [0.29, 0.717) is 25.3 Å². The highest BCUT2D eigenvalue weighted by atomic mass is 32.2. The summed E-state index contributed by atoms with van der Waals surface area (Å²) in [5.74, 6) is -0.179. The van der Waals surface area contributed by atoms with Gasteiger partial charge in [-0.05, 0) is 50.1 Å². The van der Waals surface area contributed by atoms with Crippen LogP contribution in [0, 0.1) is 10.1 Å². The fourth-order valence-corrected chi connectivity index (χ4v) is 4.12. The highest BCUT2D eigenvalue weighted by molar-refractivity contribution is 7.87. The largest absolute Gasteiger partial charge is 0.379 e. The molecule has 1 aliphatic rings. The first-order valence-electron chi connectivity index (χ1n) is 9.50. The van der Waals surface area contributed by atoms with Gasteiger partial charge in [0, 0.05) is 37.4 Å². The van der Waals surface area contributed by atoms with Crippen LogP contribution in [-0.4, -0.2) is 49.9 Å². The van der Waals surface area contributed by atoms with Crippen molar-refractivity contribution in [2.24, 2.45) is 0 Å². The Bertz CT molecular complexity index is 1020. The number of benzene rings is 2. The van der Waals surface area contributed by atoms with Gasteiger partial charge in [-0.1, -0.05) is 6.07 Å². The molecule has 0 N–H and O–H groups in total. The summed E-state index contributed by atoms with van der Waals surface area (Å²) in [6, 6.07) is 10.3. The van der Waals surface area contributed by atoms with E-state index in [-0.39, 0.29) is 28.3 Å². The zero-order chi connectivity index (χ0) is 21.7. The van der Waals surface area contributed by atoms with Crippen LogP contribution in [-0.2, 0) is 14.9 Å². The van der Waals surface area contributed by atoms with Crippen LogP contribution < -0.4 is 4.18 Å². The van der Waals surface area contributed by atoms with E-state index in [0.717, 1.165) is 18.9 Å². The molecule has 1 aliphatic heterocycles. The third-order valence-corrected chi connectivity index (χ3v) is 5.98. The second-order valence-corrected chi connectivity index (χ2v) is 8.34. The third kappa shape index (κ3) is 5.14. The Hall–Kier alpha value is -2.98. The van der Waals surface area contributed by atoms with Crippen molar-refractivity contribution in [2.75, 3.05) is 19.7 Å². The van der Waals surface area contributed by atoms with Crippen LogP contribution in [0.3, 0.4) is 0 Å². The molecule has 30 heavy (non-hydrogen) atoms. The summed E-state index contributed by atoms with van der Waals surface area (Å²) in [7, 11) is -4.26. The van der Waals surface area contributed by atoms with Crippen LogP contribution in [0.25, 0.3) is 0 Å². The summed E-state index contributed by atoms with van der Waals surface area (Å²) in [5.41, 5.74) is 0.0430. The van der Waals surface area contributed by atoms with Crippen molar-refractivity contribution >= 4 is 21.7 Å². The molecule has 1 saturated heterocycles. The minimum absolute atomic E-state index is 0.000214. The molecule has 0 aromatic heterocycles. The summed E-state index contributed by atoms with van der Waals surface area (Å²) >= 11 is 0. The molecule has 0 bridgehead atoms. The van der Waals surface area contributed by atoms with Crippen molar-refractivity contribution in [1.29, 1.82) is 0 Å². The number of carbonyl (C=O) groups is 1. The van der Waals surface area contributed by atoms with Crippen molar-refractivity contribution in [1.82, 2.24) is 4.90 Å². The zero-order valence-electron chi connectivity index (χ0n) is 16.4. The molecule has 0 aliphatic carbocycles. The van der Waals surface area contributed by atoms with E-state index < -0.39 is 15.0 Å². The summed E-state index contributed by atoms with van der Waals surface area (Å²) in [6.07, 6.45) is 1.95. The minimum Gasteiger partial charge on any atom is -0.379 e. The number of likely N-dealkylation sites (N-methyl/N-ethyl adjacent to an activating group) is 1. The number of non-ortho nitro benzene ring substituents is 1. The fourth-order valence-electron chi connectivity index (χ4n) is 3.15. The highest BCUT2D eigenvalue weighted by Gasteiger charge is 2.23. The van der Waals surface area contributed by atoms with Gasteiger partial charge in [-0.25, -0.2) is 0 Å². The molecule has 2 aromatic carbocycles. The van der Waals surface area contributed by atoms with Crippen LogP contribution in [0.15, 0.2) is 53.4 Å². The van der Waals surface area contributed by atoms with Crippen LogP contribution in [0.5, 0.6) is 5.75 Å². The van der Waals surface area contributed by atoms with Crippen LogP contribution in [0.1, 0.15) is 30.1 Å². The van der Waals surface area contributed by atoms with Crippen LogP contribution in [0.2, 0.25) is 0 Å². The molecule has 1 unspecified atom stereocenters. The monoisotopic (exact) mass is 434 g/mol. The number of amides is 1. The first-order valence-corrected chi connectivity index (χ1v) is 10.9. The van der Waals surface area contributed by atoms with Crippen LogP contribution in [0.4, 0.5) is 5.69 Å². The Labute approximate surface area is 174 Å². The van der Waals surface area contributed by atoms with Crippen molar-refractivity contribution in [3.05, 3.63) is 64.2 Å². The maximum atomic E-state index is 12.7. The Morgan fingerprint density at radius 2 is 2.00 bits per heavy atom. The number of rotatable bonds is 8. The number of ether oxygens (including phenoxy) is 1. The molecular weight excluding hydrogens is 412 g/mol. The number of nitrogens with zero attached hydrogens (tertiary/aromatic N) is 2. The standard InChI is InChI=1S/C20H22N2O7S/c1-2-21(14-18-6-4-12-28-18)20(23)15-8-10-17(11-9-15)29-30(26,27)19-7-3-5-16(13-19)22(24)25/h3,5,7-11,13,18H,2,4,6,12,14H2,1H3. The highest BCUT2D eigenvalue weighted by Crippen LogP contribution is 2.23. The Kier molecular flexibility index (Phi) is 6.68. The second kappa shape index (κ2) is 9.23. The average Bonchev–Trinajstić information content (AvgIpc) is 3.25. The maximum absolute atomic E-state index is 12.7. The normalized spacial score (nSPS) is 16.2. The van der Waals surface area contributed by atoms with Gasteiger partial charge in [0.15, 0.2) is 0 Å². The predicted molar refractivity (Wildman–Crippen MR) is 108 cm³/mol. The summed E-state index contributed by atoms with van der Waals surface area (Å²) < 4.78 is 35.5. The van der Waals surface area contributed by atoms with E-state index in [9.17, 15) is 23.3 Å². The van der Waals surface area contributed by atoms with Gasteiger partial charge in [-0.3, -0.25) is 14.9 Å².